The number of unbranched alkanes of at least 4 members (excludes halogenated alkanes) is 43. The molecule has 0 fully saturated rings. The second kappa shape index (κ2) is 68.5. The number of phosphoric ester groups is 2. The van der Waals surface area contributed by atoms with Gasteiger partial charge < -0.3 is 33.8 Å². The number of hydrogen-bond donors (Lipinski definition) is 3. The molecular formula is C78H152O17P2. The maximum Gasteiger partial charge on any atom is 0.472 e. The summed E-state index contributed by atoms with van der Waals surface area (Å²) in [6, 6.07) is 0. The fourth-order valence-corrected chi connectivity index (χ4v) is 13.5. The zero-order chi connectivity index (χ0) is 71.6. The summed E-state index contributed by atoms with van der Waals surface area (Å²) in [6.07, 6.45) is 55.6. The third kappa shape index (κ3) is 70.9. The molecule has 6 atom stereocenters. The highest BCUT2D eigenvalue weighted by Crippen LogP contribution is 2.45. The molecule has 3 N–H and O–H groups in total. The van der Waals surface area contributed by atoms with E-state index >= 15 is 0 Å². The van der Waals surface area contributed by atoms with Crippen molar-refractivity contribution < 1.29 is 80.2 Å². The van der Waals surface area contributed by atoms with Gasteiger partial charge in [0.15, 0.2) is 12.2 Å². The molecule has 0 aliphatic heterocycles. The number of carbonyl (C=O) groups excluding carboxylic acids is 4. The summed E-state index contributed by atoms with van der Waals surface area (Å²) in [5.74, 6) is 0.147. The third-order valence-corrected chi connectivity index (χ3v) is 20.4. The highest BCUT2D eigenvalue weighted by molar-refractivity contribution is 7.47. The Morgan fingerprint density at radius 1 is 0.299 bits per heavy atom. The minimum atomic E-state index is -4.96. The van der Waals surface area contributed by atoms with Crippen LogP contribution in [0.1, 0.15) is 402 Å². The zero-order valence-corrected chi connectivity index (χ0v) is 65.3. The topological polar surface area (TPSA) is 237 Å². The van der Waals surface area contributed by atoms with E-state index in [1.54, 1.807) is 0 Å². The van der Waals surface area contributed by atoms with Crippen LogP contribution in [-0.4, -0.2) is 96.7 Å². The van der Waals surface area contributed by atoms with Gasteiger partial charge in [-0.2, -0.15) is 0 Å². The molecule has 0 aliphatic carbocycles. The molecule has 0 spiro atoms. The van der Waals surface area contributed by atoms with Gasteiger partial charge in [-0.05, 0) is 43.4 Å². The maximum absolute atomic E-state index is 13.1. The lowest BCUT2D eigenvalue weighted by atomic mass is 9.99. The first-order chi connectivity index (χ1) is 46.8. The predicted molar refractivity (Wildman–Crippen MR) is 395 cm³/mol. The van der Waals surface area contributed by atoms with Gasteiger partial charge in [-0.3, -0.25) is 37.3 Å². The van der Waals surface area contributed by atoms with Crippen molar-refractivity contribution in [3.8, 4) is 0 Å². The van der Waals surface area contributed by atoms with E-state index in [1.807, 2.05) is 0 Å². The summed E-state index contributed by atoms with van der Waals surface area (Å²) < 4.78 is 68.6. The van der Waals surface area contributed by atoms with Gasteiger partial charge in [-0.25, -0.2) is 9.13 Å². The Morgan fingerprint density at radius 2 is 0.526 bits per heavy atom. The van der Waals surface area contributed by atoms with Gasteiger partial charge in [-0.1, -0.05) is 350 Å². The Morgan fingerprint density at radius 3 is 0.784 bits per heavy atom. The van der Waals surface area contributed by atoms with Crippen LogP contribution in [0.2, 0.25) is 0 Å². The van der Waals surface area contributed by atoms with E-state index in [1.165, 1.54) is 205 Å². The number of hydrogen-bond acceptors (Lipinski definition) is 15. The summed E-state index contributed by atoms with van der Waals surface area (Å²) in [5, 5.41) is 10.6. The predicted octanol–water partition coefficient (Wildman–Crippen LogP) is 23.0. The number of rotatable bonds is 76. The number of esters is 4. The van der Waals surface area contributed by atoms with Gasteiger partial charge in [0.25, 0.3) is 0 Å². The summed E-state index contributed by atoms with van der Waals surface area (Å²) in [4.78, 5) is 72.9. The van der Waals surface area contributed by atoms with Gasteiger partial charge in [0, 0.05) is 25.7 Å². The van der Waals surface area contributed by atoms with Crippen LogP contribution in [0.25, 0.3) is 0 Å². The Hall–Kier alpha value is -1.94. The van der Waals surface area contributed by atoms with Gasteiger partial charge >= 0.3 is 39.5 Å². The van der Waals surface area contributed by atoms with Gasteiger partial charge in [-0.15, -0.1) is 0 Å². The van der Waals surface area contributed by atoms with Crippen LogP contribution < -0.4 is 0 Å². The first-order valence-corrected chi connectivity index (χ1v) is 43.4. The SMILES string of the molecule is CCCCCCCCCCCCCCCCCCCCCC(=O)O[C@H](COC(=O)CCCCCCCCCCCCCCC(C)C)COP(=O)(O)OC[C@@H](O)COP(=O)(O)OC[C@@H](COC(=O)CCCCCCCCC(C)C)OC(=O)CCCCCCCCCCCCC(C)CC. The van der Waals surface area contributed by atoms with Crippen molar-refractivity contribution in [2.24, 2.45) is 17.8 Å². The van der Waals surface area contributed by atoms with Crippen molar-refractivity contribution in [2.45, 2.75) is 420 Å². The molecule has 0 aliphatic rings. The van der Waals surface area contributed by atoms with E-state index < -0.39 is 97.5 Å². The lowest BCUT2D eigenvalue weighted by Gasteiger charge is -2.21. The normalized spacial score (nSPS) is 14.3. The van der Waals surface area contributed by atoms with E-state index in [9.17, 15) is 43.2 Å². The Kier molecular flexibility index (Phi) is 67.1. The van der Waals surface area contributed by atoms with Crippen molar-refractivity contribution in [1.29, 1.82) is 0 Å². The van der Waals surface area contributed by atoms with Crippen LogP contribution >= 0.6 is 15.6 Å². The lowest BCUT2D eigenvalue weighted by Crippen LogP contribution is -2.30. The van der Waals surface area contributed by atoms with Crippen LogP contribution in [0, 0.1) is 17.8 Å². The van der Waals surface area contributed by atoms with Gasteiger partial charge in [0.1, 0.15) is 19.3 Å². The van der Waals surface area contributed by atoms with Crippen LogP contribution in [0.15, 0.2) is 0 Å². The minimum absolute atomic E-state index is 0.105. The van der Waals surface area contributed by atoms with E-state index in [-0.39, 0.29) is 25.7 Å². The number of phosphoric acid groups is 2. The molecule has 0 radical (unpaired) electrons. The molecule has 0 saturated heterocycles. The Bertz CT molecular complexity index is 1890. The summed E-state index contributed by atoms with van der Waals surface area (Å²) in [6.45, 7) is 11.9. The molecule has 0 aromatic heterocycles. The molecule has 17 nitrogen and oxygen atoms in total. The maximum atomic E-state index is 13.1. The molecule has 3 unspecified atom stereocenters. The summed E-state index contributed by atoms with van der Waals surface area (Å²) in [7, 11) is -9.92. The Labute approximate surface area is 594 Å². The molecule has 0 amide bonds. The lowest BCUT2D eigenvalue weighted by molar-refractivity contribution is -0.161. The minimum Gasteiger partial charge on any atom is -0.462 e. The molecule has 19 heteroatoms. The summed E-state index contributed by atoms with van der Waals surface area (Å²) in [5.41, 5.74) is 0. The Balaban J connectivity index is 5.23. The van der Waals surface area contributed by atoms with E-state index in [0.29, 0.717) is 31.6 Å². The number of carbonyl (C=O) groups is 4. The van der Waals surface area contributed by atoms with E-state index in [2.05, 4.69) is 48.5 Å². The monoisotopic (exact) mass is 1420 g/mol. The first kappa shape index (κ1) is 95.1. The molecular weight excluding hydrogens is 1270 g/mol. The first-order valence-electron chi connectivity index (χ1n) is 40.4. The van der Waals surface area contributed by atoms with Crippen molar-refractivity contribution in [1.82, 2.24) is 0 Å². The molecule has 0 aromatic carbocycles. The van der Waals surface area contributed by atoms with Crippen LogP contribution in [0.4, 0.5) is 0 Å². The smallest absolute Gasteiger partial charge is 0.462 e. The second-order valence-corrected chi connectivity index (χ2v) is 32.2. The molecule has 576 valence electrons. The van der Waals surface area contributed by atoms with Crippen molar-refractivity contribution in [3.63, 3.8) is 0 Å². The zero-order valence-electron chi connectivity index (χ0n) is 63.5. The molecule has 0 bridgehead atoms. The number of ether oxygens (including phenoxy) is 4. The standard InChI is InChI=1S/C78H152O17P2/c1-8-10-11-12-13-14-15-16-17-18-19-20-21-22-27-33-38-47-54-61-77(82)94-73(65-88-75(80)59-52-45-37-32-26-24-23-25-30-35-42-49-56-69(3)4)67-92-96(84,85)90-63-72(79)64-91-97(86,87)93-68-74(66-89-76(81)60-53-46-41-40-43-50-57-70(5)6)95-78(83)62-55-48-39-34-29-28-31-36-44-51-58-71(7)9-2/h69-74,79H,8-68H2,1-7H3,(H,84,85)(H,86,87)/t71?,72-,73-,74-/m1/s1. The highest BCUT2D eigenvalue weighted by Gasteiger charge is 2.30. The van der Waals surface area contributed by atoms with E-state index in [0.717, 1.165) is 108 Å². The van der Waals surface area contributed by atoms with Crippen LogP contribution in [0.3, 0.4) is 0 Å². The van der Waals surface area contributed by atoms with Gasteiger partial charge in [0.05, 0.1) is 26.4 Å². The van der Waals surface area contributed by atoms with Crippen LogP contribution in [-0.2, 0) is 65.4 Å². The molecule has 0 aromatic rings. The summed E-state index contributed by atoms with van der Waals surface area (Å²) >= 11 is 0. The molecule has 0 saturated carbocycles. The fourth-order valence-electron chi connectivity index (χ4n) is 11.9. The largest absolute Gasteiger partial charge is 0.472 e. The fraction of sp³-hybridized carbons (Fsp3) is 0.949. The molecule has 0 heterocycles. The van der Waals surface area contributed by atoms with E-state index in [4.69, 9.17) is 37.0 Å². The average Bonchev–Trinajstić information content (AvgIpc) is 1.04. The van der Waals surface area contributed by atoms with Crippen molar-refractivity contribution in [3.05, 3.63) is 0 Å². The molecule has 0 rings (SSSR count). The number of aliphatic hydroxyl groups is 1. The average molecular weight is 1420 g/mol. The molecule has 97 heavy (non-hydrogen) atoms. The number of aliphatic hydroxyl groups excluding tert-OH is 1. The third-order valence-electron chi connectivity index (χ3n) is 18.5. The second-order valence-electron chi connectivity index (χ2n) is 29.3. The highest BCUT2D eigenvalue weighted by atomic mass is 31.2. The van der Waals surface area contributed by atoms with Gasteiger partial charge in [0.2, 0.25) is 0 Å². The van der Waals surface area contributed by atoms with Crippen molar-refractivity contribution >= 4 is 39.5 Å². The van der Waals surface area contributed by atoms with Crippen molar-refractivity contribution in [2.75, 3.05) is 39.6 Å². The van der Waals surface area contributed by atoms with Crippen LogP contribution in [0.5, 0.6) is 0 Å². The quantitative estimate of drug-likeness (QED) is 0.0222.